The molecule has 0 amide bonds. The van der Waals surface area contributed by atoms with Crippen LogP contribution in [0, 0.1) is 12.8 Å². The molecule has 0 fully saturated rings. The third-order valence-corrected chi connectivity index (χ3v) is 5.72. The molecule has 2 atom stereocenters. The highest BCUT2D eigenvalue weighted by Gasteiger charge is 2.21. The number of nitrogens with zero attached hydrogens (tertiary/aromatic N) is 1. The topological polar surface area (TPSA) is 50.2 Å². The van der Waals surface area contributed by atoms with Crippen molar-refractivity contribution < 1.29 is 9.90 Å². The Labute approximate surface area is 96.3 Å². The van der Waals surface area contributed by atoms with Crippen LogP contribution in [0.5, 0.6) is 0 Å². The van der Waals surface area contributed by atoms with Gasteiger partial charge in [-0.05, 0) is 25.2 Å². The Morgan fingerprint density at radius 2 is 2.31 bits per heavy atom. The monoisotopic (exact) mass is 237 g/mol. The first kappa shape index (κ1) is 11.4. The van der Waals surface area contributed by atoms with Crippen molar-refractivity contribution >= 4 is 19.6 Å². The predicted molar refractivity (Wildman–Crippen MR) is 65.8 cm³/mol. The first-order valence-electron chi connectivity index (χ1n) is 5.45. The van der Waals surface area contributed by atoms with Crippen LogP contribution in [-0.2, 0) is 17.4 Å². The van der Waals surface area contributed by atoms with Crippen molar-refractivity contribution in [1.82, 2.24) is 4.98 Å². The lowest BCUT2D eigenvalue weighted by atomic mass is 10.1. The van der Waals surface area contributed by atoms with E-state index in [4.69, 9.17) is 5.11 Å². The molecule has 0 bridgehead atoms. The SMILES string of the molecule is CC1=Cc2nc(CC(C)C(=O)O)c(C)p2C1. The lowest BCUT2D eigenvalue weighted by Gasteiger charge is -2.05. The Morgan fingerprint density at radius 1 is 1.62 bits per heavy atom. The van der Waals surface area contributed by atoms with Crippen molar-refractivity contribution in [3.63, 3.8) is 0 Å². The molecule has 2 unspecified atom stereocenters. The molecule has 1 aliphatic rings. The van der Waals surface area contributed by atoms with E-state index in [0.717, 1.165) is 11.9 Å². The summed E-state index contributed by atoms with van der Waals surface area (Å²) in [6, 6.07) is 0. The zero-order valence-electron chi connectivity index (χ0n) is 9.82. The second kappa shape index (κ2) is 4.06. The quantitative estimate of drug-likeness (QED) is 0.878. The van der Waals surface area contributed by atoms with Crippen LogP contribution in [0.15, 0.2) is 5.57 Å². The van der Waals surface area contributed by atoms with Crippen molar-refractivity contribution in [3.05, 3.63) is 22.0 Å². The highest BCUT2D eigenvalue weighted by Crippen LogP contribution is 2.48. The molecule has 16 heavy (non-hydrogen) atoms. The van der Waals surface area contributed by atoms with Gasteiger partial charge in [0.1, 0.15) is 0 Å². The minimum atomic E-state index is -0.739. The van der Waals surface area contributed by atoms with Crippen molar-refractivity contribution in [2.45, 2.75) is 33.4 Å². The lowest BCUT2D eigenvalue weighted by molar-refractivity contribution is -0.141. The largest absolute Gasteiger partial charge is 0.481 e. The van der Waals surface area contributed by atoms with Crippen molar-refractivity contribution in [2.24, 2.45) is 5.92 Å². The zero-order chi connectivity index (χ0) is 11.9. The molecule has 0 spiro atoms. The number of hydrogen-bond donors (Lipinski definition) is 1. The molecule has 0 radical (unpaired) electrons. The van der Waals surface area contributed by atoms with Crippen LogP contribution in [0.25, 0.3) is 6.08 Å². The maximum absolute atomic E-state index is 10.8. The molecule has 4 heteroatoms. The summed E-state index contributed by atoms with van der Waals surface area (Å²) in [5.74, 6) is -1.08. The molecule has 86 valence electrons. The minimum Gasteiger partial charge on any atom is -0.481 e. The van der Waals surface area contributed by atoms with E-state index in [1.807, 2.05) is 0 Å². The molecule has 0 aliphatic carbocycles. The first-order valence-corrected chi connectivity index (χ1v) is 6.97. The van der Waals surface area contributed by atoms with E-state index in [-0.39, 0.29) is 13.5 Å². The van der Waals surface area contributed by atoms with Gasteiger partial charge in [-0.2, -0.15) is 0 Å². The molecule has 1 aliphatic heterocycles. The van der Waals surface area contributed by atoms with Gasteiger partial charge in [0.2, 0.25) is 0 Å². The number of hydrogen-bond acceptors (Lipinski definition) is 2. The highest BCUT2D eigenvalue weighted by atomic mass is 31.1. The van der Waals surface area contributed by atoms with Crippen LogP contribution in [0.3, 0.4) is 0 Å². The molecule has 0 saturated heterocycles. The number of aliphatic carboxylic acids is 1. The van der Waals surface area contributed by atoms with E-state index in [0.29, 0.717) is 6.42 Å². The van der Waals surface area contributed by atoms with Gasteiger partial charge in [0, 0.05) is 18.3 Å². The molecule has 1 N–H and O–H groups in total. The fourth-order valence-corrected chi connectivity index (χ4v) is 4.41. The highest BCUT2D eigenvalue weighted by molar-refractivity contribution is 7.51. The summed E-state index contributed by atoms with van der Waals surface area (Å²) >= 11 is 0. The van der Waals surface area contributed by atoms with Crippen LogP contribution in [0.1, 0.15) is 30.3 Å². The van der Waals surface area contributed by atoms with E-state index in [1.165, 1.54) is 16.3 Å². The van der Waals surface area contributed by atoms with Gasteiger partial charge >= 0.3 is 5.97 Å². The Morgan fingerprint density at radius 3 is 2.88 bits per heavy atom. The number of carboxylic acid groups (broad SMARTS) is 1. The fraction of sp³-hybridized carbons (Fsp3) is 0.500. The molecule has 2 heterocycles. The molecular weight excluding hydrogens is 221 g/mol. The second-order valence-electron chi connectivity index (χ2n) is 4.52. The van der Waals surface area contributed by atoms with Gasteiger partial charge in [0.05, 0.1) is 11.3 Å². The van der Waals surface area contributed by atoms with Gasteiger partial charge in [0.25, 0.3) is 0 Å². The van der Waals surface area contributed by atoms with Gasteiger partial charge in [-0.15, -0.1) is 0 Å². The number of allylic oxidation sites excluding steroid dienone is 1. The summed E-state index contributed by atoms with van der Waals surface area (Å²) in [4.78, 5) is 15.4. The summed E-state index contributed by atoms with van der Waals surface area (Å²) in [6.07, 6.45) is 3.84. The Hall–Kier alpha value is -1.08. The molecule has 1 aromatic rings. The van der Waals surface area contributed by atoms with E-state index < -0.39 is 5.97 Å². The van der Waals surface area contributed by atoms with Crippen LogP contribution in [-0.4, -0.2) is 16.1 Å². The first-order chi connectivity index (χ1) is 7.49. The predicted octanol–water partition coefficient (Wildman–Crippen LogP) is 3.06. The van der Waals surface area contributed by atoms with Crippen LogP contribution in [0.2, 0.25) is 0 Å². The summed E-state index contributed by atoms with van der Waals surface area (Å²) in [5.41, 5.74) is 3.60. The molecule has 0 saturated carbocycles. The number of carboxylic acids is 1. The van der Waals surface area contributed by atoms with E-state index in [9.17, 15) is 4.79 Å². The third kappa shape index (κ3) is 1.92. The maximum atomic E-state index is 10.8. The lowest BCUT2D eigenvalue weighted by Crippen LogP contribution is -2.13. The number of fused-ring (bicyclic) bond motifs is 1. The van der Waals surface area contributed by atoms with E-state index in [1.54, 1.807) is 6.92 Å². The van der Waals surface area contributed by atoms with E-state index in [2.05, 4.69) is 24.9 Å². The van der Waals surface area contributed by atoms with Gasteiger partial charge in [0.15, 0.2) is 0 Å². The normalized spacial score (nSPS) is 16.9. The summed E-state index contributed by atoms with van der Waals surface area (Å²) < 4.78 is 0. The van der Waals surface area contributed by atoms with Gasteiger partial charge in [-0.3, -0.25) is 4.79 Å². The van der Waals surface area contributed by atoms with Crippen LogP contribution >= 0.6 is 7.53 Å². The second-order valence-corrected chi connectivity index (χ2v) is 6.82. The molecular formula is C12H16NO2P. The van der Waals surface area contributed by atoms with Gasteiger partial charge in [-0.25, -0.2) is 4.98 Å². The number of rotatable bonds is 3. The minimum absolute atomic E-state index is 0.239. The third-order valence-electron chi connectivity index (χ3n) is 3.05. The number of aromatic nitrogens is 1. The molecule has 2 rings (SSSR count). The average Bonchev–Trinajstić information content (AvgIpc) is 2.67. The standard InChI is InChI=1S/C12H16NO2P/c1-7-4-11-13-10(5-8(2)12(14)15)9(3)16(11)6-7/h4,8H,5-6H2,1-3H3,(H,14,15). The Bertz CT molecular complexity index is 474. The Balaban J connectivity index is 2.25. The van der Waals surface area contributed by atoms with Gasteiger partial charge < -0.3 is 5.11 Å². The van der Waals surface area contributed by atoms with Crippen LogP contribution < -0.4 is 0 Å². The molecule has 1 aromatic heterocycles. The van der Waals surface area contributed by atoms with Crippen molar-refractivity contribution in [1.29, 1.82) is 0 Å². The van der Waals surface area contributed by atoms with E-state index >= 15 is 0 Å². The summed E-state index contributed by atoms with van der Waals surface area (Å²) in [7, 11) is -0.239. The fourth-order valence-electron chi connectivity index (χ4n) is 2.00. The average molecular weight is 237 g/mol. The molecule has 3 nitrogen and oxygen atoms in total. The maximum Gasteiger partial charge on any atom is 0.306 e. The molecule has 0 aromatic carbocycles. The van der Waals surface area contributed by atoms with Crippen molar-refractivity contribution in [3.8, 4) is 0 Å². The zero-order valence-corrected chi connectivity index (χ0v) is 10.7. The van der Waals surface area contributed by atoms with Gasteiger partial charge in [-0.1, -0.05) is 20.0 Å². The summed E-state index contributed by atoms with van der Waals surface area (Å²) in [5, 5.41) is 10.2. The Kier molecular flexibility index (Phi) is 2.90. The summed E-state index contributed by atoms with van der Waals surface area (Å²) in [6.45, 7) is 5.99. The smallest absolute Gasteiger partial charge is 0.306 e. The van der Waals surface area contributed by atoms with Crippen LogP contribution in [0.4, 0.5) is 0 Å². The number of carbonyl (C=O) groups is 1. The van der Waals surface area contributed by atoms with Crippen molar-refractivity contribution in [2.75, 3.05) is 0 Å².